The molecule has 1 saturated heterocycles. The molecule has 7 nitrogen and oxygen atoms in total. The van der Waals surface area contributed by atoms with Crippen LogP contribution in [0.15, 0.2) is 36.4 Å². The smallest absolute Gasteiger partial charge is 0.273 e. The predicted octanol–water partition coefficient (Wildman–Crippen LogP) is 3.81. The fraction of sp³-hybridized carbons (Fsp3) is 0.440. The molecule has 2 aromatic carbocycles. The van der Waals surface area contributed by atoms with Crippen molar-refractivity contribution in [3.05, 3.63) is 47.5 Å². The summed E-state index contributed by atoms with van der Waals surface area (Å²) < 4.78 is 18.8. The number of thiazole rings is 1. The Morgan fingerprint density at radius 2 is 1.79 bits per heavy atom. The number of aromatic nitrogens is 1. The lowest BCUT2D eigenvalue weighted by atomic mass is 10.1. The number of anilines is 1. The Bertz CT molecular complexity index is 1120. The third-order valence-electron chi connectivity index (χ3n) is 6.26. The normalized spacial score (nSPS) is 20.7. The summed E-state index contributed by atoms with van der Waals surface area (Å²) in [5.74, 6) is 1.14. The molecule has 1 fully saturated rings. The van der Waals surface area contributed by atoms with E-state index in [0.29, 0.717) is 23.2 Å². The molecule has 3 aromatic rings. The van der Waals surface area contributed by atoms with Gasteiger partial charge in [-0.2, -0.15) is 0 Å². The average molecular weight is 468 g/mol. The number of amides is 1. The molecule has 3 heterocycles. The van der Waals surface area contributed by atoms with Crippen LogP contribution in [0.1, 0.15) is 18.1 Å². The van der Waals surface area contributed by atoms with Gasteiger partial charge < -0.3 is 14.2 Å². The lowest BCUT2D eigenvalue weighted by molar-refractivity contribution is -0.130. The summed E-state index contributed by atoms with van der Waals surface area (Å²) in [5, 5.41) is 0.704. The second-order valence-corrected chi connectivity index (χ2v) is 9.60. The Kier molecular flexibility index (Phi) is 6.23. The van der Waals surface area contributed by atoms with Crippen LogP contribution in [0.25, 0.3) is 10.2 Å². The van der Waals surface area contributed by atoms with Gasteiger partial charge in [0.15, 0.2) is 16.6 Å². The molecular formula is C25H29N3O4S. The Morgan fingerprint density at radius 1 is 1.09 bits per heavy atom. The van der Waals surface area contributed by atoms with E-state index < -0.39 is 12.2 Å². The predicted molar refractivity (Wildman–Crippen MR) is 130 cm³/mol. The molecule has 0 radical (unpaired) electrons. The fourth-order valence-electron chi connectivity index (χ4n) is 4.27. The van der Waals surface area contributed by atoms with Crippen molar-refractivity contribution < 1.29 is 19.0 Å². The quantitative estimate of drug-likeness (QED) is 0.569. The highest BCUT2D eigenvalue weighted by Crippen LogP contribution is 2.36. The van der Waals surface area contributed by atoms with Crippen molar-refractivity contribution in [2.45, 2.75) is 33.0 Å². The molecule has 2 aliphatic rings. The molecule has 0 bridgehead atoms. The monoisotopic (exact) mass is 467 g/mol. The molecule has 0 unspecified atom stereocenters. The highest BCUT2D eigenvalue weighted by molar-refractivity contribution is 7.22. The van der Waals surface area contributed by atoms with E-state index in [2.05, 4.69) is 30.9 Å². The van der Waals surface area contributed by atoms with Crippen LogP contribution in [0.4, 0.5) is 5.13 Å². The molecule has 0 saturated carbocycles. The van der Waals surface area contributed by atoms with Gasteiger partial charge in [-0.05, 0) is 44.0 Å². The van der Waals surface area contributed by atoms with Gasteiger partial charge in [0.25, 0.3) is 5.91 Å². The Hall–Kier alpha value is -2.68. The maximum Gasteiger partial charge on any atom is 0.273 e. The van der Waals surface area contributed by atoms with Crippen LogP contribution in [0.2, 0.25) is 0 Å². The number of morpholine rings is 1. The Labute approximate surface area is 197 Å². The van der Waals surface area contributed by atoms with Crippen molar-refractivity contribution >= 4 is 32.6 Å². The maximum atomic E-state index is 13.9. The van der Waals surface area contributed by atoms with Gasteiger partial charge in [0.05, 0.1) is 23.4 Å². The highest BCUT2D eigenvalue weighted by atomic mass is 32.1. The number of benzene rings is 2. The van der Waals surface area contributed by atoms with E-state index in [4.69, 9.17) is 19.2 Å². The number of nitrogens with zero attached hydrogens (tertiary/aromatic N) is 3. The maximum absolute atomic E-state index is 13.9. The molecule has 0 N–H and O–H groups in total. The molecular weight excluding hydrogens is 438 g/mol. The van der Waals surface area contributed by atoms with E-state index in [1.54, 1.807) is 16.2 Å². The van der Waals surface area contributed by atoms with E-state index in [1.807, 2.05) is 31.2 Å². The lowest BCUT2D eigenvalue weighted by Gasteiger charge is -2.35. The molecule has 2 atom stereocenters. The van der Waals surface area contributed by atoms with Gasteiger partial charge in [0.2, 0.25) is 6.10 Å². The van der Waals surface area contributed by atoms with Gasteiger partial charge in [0, 0.05) is 26.2 Å². The number of fused-ring (bicyclic) bond motifs is 2. The van der Waals surface area contributed by atoms with E-state index in [0.717, 1.165) is 48.6 Å². The first kappa shape index (κ1) is 22.1. The van der Waals surface area contributed by atoms with Crippen LogP contribution in [0, 0.1) is 13.8 Å². The minimum absolute atomic E-state index is 0.125. The minimum Gasteiger partial charge on any atom is -0.482 e. The summed E-state index contributed by atoms with van der Waals surface area (Å²) >= 11 is 1.57. The van der Waals surface area contributed by atoms with Crippen LogP contribution in [0.5, 0.6) is 11.5 Å². The molecule has 0 aliphatic carbocycles. The van der Waals surface area contributed by atoms with Crippen molar-refractivity contribution in [1.82, 2.24) is 9.88 Å². The van der Waals surface area contributed by atoms with Gasteiger partial charge in [-0.25, -0.2) is 4.98 Å². The summed E-state index contributed by atoms with van der Waals surface area (Å²) in [6.07, 6.45) is -1.14. The van der Waals surface area contributed by atoms with Crippen LogP contribution in [-0.4, -0.2) is 67.4 Å². The van der Waals surface area contributed by atoms with Crippen LogP contribution in [0.3, 0.4) is 0 Å². The number of aryl methyl sites for hydroxylation is 2. The number of hydrogen-bond acceptors (Lipinski definition) is 7. The van der Waals surface area contributed by atoms with Crippen molar-refractivity contribution in [1.29, 1.82) is 0 Å². The second-order valence-electron chi connectivity index (χ2n) is 8.63. The number of rotatable bonds is 5. The number of carbonyl (C=O) groups is 1. The first-order chi connectivity index (χ1) is 16.0. The van der Waals surface area contributed by atoms with Crippen molar-refractivity contribution in [3.63, 3.8) is 0 Å². The Morgan fingerprint density at radius 3 is 2.52 bits per heavy atom. The number of hydrogen-bond donors (Lipinski definition) is 0. The van der Waals surface area contributed by atoms with E-state index >= 15 is 0 Å². The molecule has 8 heteroatoms. The third kappa shape index (κ3) is 4.43. The topological polar surface area (TPSA) is 64.1 Å². The van der Waals surface area contributed by atoms with Crippen molar-refractivity contribution in [2.24, 2.45) is 0 Å². The summed E-state index contributed by atoms with van der Waals surface area (Å²) in [6.45, 7) is 10.5. The van der Waals surface area contributed by atoms with Gasteiger partial charge in [-0.15, -0.1) is 0 Å². The highest BCUT2D eigenvalue weighted by Gasteiger charge is 2.38. The molecule has 2 aliphatic heterocycles. The standard InChI is InChI=1S/C25H29N3O4S/c1-16-8-9-17(2)23-21(16)26-25(33-23)28(11-10-27-12-14-30-15-13-27)24(29)22-18(3)31-19-6-4-5-7-20(19)32-22/h4-9,18,22H,10-15H2,1-3H3/t18-,22+/m1/s1. The van der Waals surface area contributed by atoms with Crippen LogP contribution in [-0.2, 0) is 9.53 Å². The summed E-state index contributed by atoms with van der Waals surface area (Å²) in [4.78, 5) is 22.9. The fourth-order valence-corrected chi connectivity index (χ4v) is 5.42. The van der Waals surface area contributed by atoms with Gasteiger partial charge >= 0.3 is 0 Å². The van der Waals surface area contributed by atoms with E-state index in [-0.39, 0.29) is 5.91 Å². The third-order valence-corrected chi connectivity index (χ3v) is 7.47. The van der Waals surface area contributed by atoms with Gasteiger partial charge in [-0.3, -0.25) is 14.6 Å². The summed E-state index contributed by atoms with van der Waals surface area (Å²) in [6, 6.07) is 11.7. The van der Waals surface area contributed by atoms with E-state index in [9.17, 15) is 4.79 Å². The van der Waals surface area contributed by atoms with Crippen molar-refractivity contribution in [2.75, 3.05) is 44.3 Å². The molecule has 33 heavy (non-hydrogen) atoms. The minimum atomic E-state index is -0.737. The summed E-state index contributed by atoms with van der Waals surface area (Å²) in [5.41, 5.74) is 3.23. The summed E-state index contributed by atoms with van der Waals surface area (Å²) in [7, 11) is 0. The Balaban J connectivity index is 1.46. The first-order valence-corrected chi connectivity index (χ1v) is 12.2. The second kappa shape index (κ2) is 9.29. The molecule has 1 aromatic heterocycles. The molecule has 5 rings (SSSR count). The van der Waals surface area contributed by atoms with Crippen molar-refractivity contribution in [3.8, 4) is 11.5 Å². The number of ether oxygens (including phenoxy) is 3. The van der Waals surface area contributed by atoms with E-state index in [1.165, 1.54) is 5.56 Å². The van der Waals surface area contributed by atoms with Gasteiger partial charge in [0.1, 0.15) is 6.10 Å². The van der Waals surface area contributed by atoms with Crippen LogP contribution < -0.4 is 14.4 Å². The zero-order valence-electron chi connectivity index (χ0n) is 19.2. The largest absolute Gasteiger partial charge is 0.482 e. The molecule has 0 spiro atoms. The zero-order chi connectivity index (χ0) is 22.9. The molecule has 1 amide bonds. The number of para-hydroxylation sites is 2. The zero-order valence-corrected chi connectivity index (χ0v) is 20.1. The lowest BCUT2D eigenvalue weighted by Crippen LogP contribution is -2.52. The first-order valence-electron chi connectivity index (χ1n) is 11.4. The van der Waals surface area contributed by atoms with Crippen LogP contribution >= 0.6 is 11.3 Å². The SMILES string of the molecule is Cc1ccc(C)c2sc(N(CCN3CCOCC3)C(=O)[C@H]3Oc4ccccc4O[C@@H]3C)nc12. The molecule has 174 valence electrons. The number of carbonyl (C=O) groups excluding carboxylic acids is 1. The van der Waals surface area contributed by atoms with Gasteiger partial charge in [-0.1, -0.05) is 35.6 Å². The average Bonchev–Trinajstić information content (AvgIpc) is 3.28.